The maximum atomic E-state index is 5.86. The Balaban J connectivity index is -0.0000000275. The van der Waals surface area contributed by atoms with Crippen LogP contribution in [0.1, 0.15) is 0 Å². The van der Waals surface area contributed by atoms with Gasteiger partial charge in [-0.3, -0.25) is 5.41 Å². The summed E-state index contributed by atoms with van der Waals surface area (Å²) in [5.41, 5.74) is 4.39. The van der Waals surface area contributed by atoms with E-state index in [9.17, 15) is 0 Å². The first-order valence-corrected chi connectivity index (χ1v) is 5.60. The van der Waals surface area contributed by atoms with Crippen LogP contribution >= 0.6 is 33.1 Å². The third kappa shape index (κ3) is 46.2. The third-order valence-corrected chi connectivity index (χ3v) is 0. The second kappa shape index (κ2) is 30.6. The Morgan fingerprint density at radius 1 is 1.67 bits per heavy atom. The van der Waals surface area contributed by atoms with E-state index in [1.807, 2.05) is 20.4 Å². The molecule has 2 nitrogen and oxygen atoms in total. The molecule has 0 rings (SSSR count). The molecule has 0 aliphatic heterocycles. The summed E-state index contributed by atoms with van der Waals surface area (Å²) >= 11 is 4.87. The molecule has 0 amide bonds. The van der Waals surface area contributed by atoms with Crippen molar-refractivity contribution in [3.05, 3.63) is 0 Å². The zero-order chi connectivity index (χ0) is 4.71. The van der Waals surface area contributed by atoms with Crippen molar-refractivity contribution in [3.8, 4) is 0 Å². The summed E-state index contributed by atoms with van der Waals surface area (Å²) in [6, 6.07) is 0. The van der Waals surface area contributed by atoms with E-state index in [4.69, 9.17) is 5.41 Å². The standard InChI is InChI=1S/CH4N2.BrI.Pb.2H/c2-1-3;1-2;;;/h1H,(H3,2,3);;;;. The molecule has 0 aliphatic carbocycles. The molecule has 0 heterocycles. The van der Waals surface area contributed by atoms with Crippen molar-refractivity contribution in [1.29, 1.82) is 5.41 Å². The van der Waals surface area contributed by atoms with Gasteiger partial charge in [0.05, 0.1) is 6.34 Å². The molecule has 0 aromatic heterocycles. The van der Waals surface area contributed by atoms with Crippen LogP contribution in [0.3, 0.4) is 0 Å². The van der Waals surface area contributed by atoms with Crippen LogP contribution in [0.15, 0.2) is 0 Å². The fourth-order valence-electron chi connectivity index (χ4n) is 0. The van der Waals surface area contributed by atoms with E-state index in [0.717, 1.165) is 6.34 Å². The molecule has 0 aromatic carbocycles. The first-order valence-electron chi connectivity index (χ1n) is 0.765. The van der Waals surface area contributed by atoms with Gasteiger partial charge in [0.2, 0.25) is 0 Å². The van der Waals surface area contributed by atoms with Crippen molar-refractivity contribution in [3.63, 3.8) is 0 Å². The number of nitrogens with one attached hydrogen (secondary N) is 1. The molecule has 2 radical (unpaired) electrons. The Hall–Kier alpha value is 1.60. The average Bonchev–Trinajstić information content (AvgIpc) is 1.46. The van der Waals surface area contributed by atoms with E-state index in [0.29, 0.717) is 0 Å². The van der Waals surface area contributed by atoms with Gasteiger partial charge in [-0.25, -0.2) is 0 Å². The van der Waals surface area contributed by atoms with Crippen molar-refractivity contribution in [2.24, 2.45) is 5.73 Å². The molecule has 0 bridgehead atoms. The predicted molar refractivity (Wildman–Crippen MR) is 44.5 cm³/mol. The van der Waals surface area contributed by atoms with Crippen molar-refractivity contribution in [1.82, 2.24) is 0 Å². The van der Waals surface area contributed by atoms with Gasteiger partial charge >= 0.3 is 27.3 Å². The summed E-state index contributed by atoms with van der Waals surface area (Å²) in [5, 5.41) is 5.86. The molecular weight excluding hydrogens is 454 g/mol. The van der Waals surface area contributed by atoms with Gasteiger partial charge in [0.15, 0.2) is 0 Å². The Morgan fingerprint density at radius 2 is 1.67 bits per heavy atom. The van der Waals surface area contributed by atoms with E-state index in [-0.39, 0.29) is 27.3 Å². The number of nitrogens with two attached hydrogens (primary N) is 1. The van der Waals surface area contributed by atoms with Crippen LogP contribution in [0, 0.1) is 5.41 Å². The fourth-order valence-corrected chi connectivity index (χ4v) is 0. The van der Waals surface area contributed by atoms with Gasteiger partial charge in [0, 0.05) is 20.4 Å². The zero-order valence-corrected chi connectivity index (χ0v) is 12.4. The molecule has 0 aliphatic rings. The minimum absolute atomic E-state index is 0. The van der Waals surface area contributed by atoms with Gasteiger partial charge < -0.3 is 5.73 Å². The van der Waals surface area contributed by atoms with Crippen LogP contribution in [0.5, 0.6) is 0 Å². The van der Waals surface area contributed by atoms with Gasteiger partial charge in [0.1, 0.15) is 0 Å². The molecule has 5 heteroatoms. The summed E-state index contributed by atoms with van der Waals surface area (Å²) in [4.78, 5) is 0. The van der Waals surface area contributed by atoms with Gasteiger partial charge in [-0.15, -0.1) is 0 Å². The number of hydrogen-bond donors (Lipinski definition) is 2. The first kappa shape index (κ1) is 15.6. The maximum absolute atomic E-state index is 5.86. The average molecular weight is 460 g/mol. The molecular formula is CH6BrIN2Pb. The van der Waals surface area contributed by atoms with E-state index in [1.165, 1.54) is 0 Å². The van der Waals surface area contributed by atoms with Gasteiger partial charge in [0.25, 0.3) is 0 Å². The molecule has 0 saturated heterocycles. The second-order valence-electron chi connectivity index (χ2n) is 0.167. The van der Waals surface area contributed by atoms with Crippen LogP contribution in [0.4, 0.5) is 0 Å². The number of halogens is 2. The molecule has 3 N–H and O–H groups in total. The Bertz CT molecular complexity index is 21.0. The molecule has 6 heavy (non-hydrogen) atoms. The monoisotopic (exact) mass is 460 g/mol. The number of hydrogen-bond acceptors (Lipinski definition) is 1. The van der Waals surface area contributed by atoms with Crippen LogP contribution in [-0.2, 0) is 0 Å². The summed E-state index contributed by atoms with van der Waals surface area (Å²) < 4.78 is 0. The van der Waals surface area contributed by atoms with E-state index >= 15 is 0 Å². The van der Waals surface area contributed by atoms with Gasteiger partial charge in [-0.2, -0.15) is 0 Å². The minimum atomic E-state index is 0. The van der Waals surface area contributed by atoms with Crippen LogP contribution in [0.25, 0.3) is 0 Å². The van der Waals surface area contributed by atoms with Crippen LogP contribution in [-0.4, -0.2) is 33.6 Å². The topological polar surface area (TPSA) is 49.9 Å². The van der Waals surface area contributed by atoms with E-state index in [1.54, 1.807) is 0 Å². The van der Waals surface area contributed by atoms with Gasteiger partial charge in [-0.05, 0) is 12.7 Å². The summed E-state index contributed by atoms with van der Waals surface area (Å²) in [5.74, 6) is 0. The van der Waals surface area contributed by atoms with Crippen molar-refractivity contribution < 1.29 is 0 Å². The fraction of sp³-hybridized carbons (Fsp3) is 0. The Morgan fingerprint density at radius 3 is 1.67 bits per heavy atom. The Kier molecular flexibility index (Phi) is 79.8. The summed E-state index contributed by atoms with van der Waals surface area (Å²) in [7, 11) is 0. The predicted octanol–water partition coefficient (Wildman–Crippen LogP) is 0.367. The third-order valence-electron chi connectivity index (χ3n) is 0. The van der Waals surface area contributed by atoms with Crippen LogP contribution in [0.2, 0.25) is 0 Å². The summed E-state index contributed by atoms with van der Waals surface area (Å²) in [6.45, 7) is 0. The molecule has 0 unspecified atom stereocenters. The zero-order valence-electron chi connectivity index (χ0n) is 3.12. The summed E-state index contributed by atoms with van der Waals surface area (Å²) in [6.07, 6.45) is 0.750. The van der Waals surface area contributed by atoms with E-state index < -0.39 is 0 Å². The van der Waals surface area contributed by atoms with Crippen molar-refractivity contribution >= 4 is 66.7 Å². The van der Waals surface area contributed by atoms with E-state index in [2.05, 4.69) is 18.4 Å². The molecule has 0 aromatic rings. The number of rotatable bonds is 0. The Labute approximate surface area is 76.8 Å². The molecule has 0 atom stereocenters. The SMILES string of the molecule is BrI.N=CN.[PbH2]. The quantitative estimate of drug-likeness (QED) is 0.234. The normalized spacial score (nSPS) is 3.00. The molecule has 0 fully saturated rings. The first-order chi connectivity index (χ1) is 2.41. The molecule has 0 spiro atoms. The van der Waals surface area contributed by atoms with Gasteiger partial charge in [-0.1, -0.05) is 0 Å². The molecule has 38 valence electrons. The van der Waals surface area contributed by atoms with Crippen molar-refractivity contribution in [2.45, 2.75) is 0 Å². The van der Waals surface area contributed by atoms with Crippen LogP contribution < -0.4 is 5.73 Å². The molecule has 0 saturated carbocycles. The van der Waals surface area contributed by atoms with Crippen molar-refractivity contribution in [2.75, 3.05) is 0 Å². The second-order valence-corrected chi connectivity index (χ2v) is 0.167.